The van der Waals surface area contributed by atoms with Gasteiger partial charge in [-0.1, -0.05) is 23.5 Å². The molecule has 122 valence electrons. The largest absolute Gasteiger partial charge is 0.324 e. The number of imide groups is 1. The fourth-order valence-electron chi connectivity index (χ4n) is 2.06. The van der Waals surface area contributed by atoms with Crippen molar-refractivity contribution in [3.05, 3.63) is 67.7 Å². The van der Waals surface area contributed by atoms with E-state index in [1.807, 2.05) is 0 Å². The highest BCUT2D eigenvalue weighted by Crippen LogP contribution is 2.35. The van der Waals surface area contributed by atoms with E-state index in [2.05, 4.69) is 0 Å². The van der Waals surface area contributed by atoms with E-state index in [1.165, 1.54) is 42.5 Å². The zero-order chi connectivity index (χ0) is 17.3. The monoisotopic (exact) mass is 364 g/mol. The third kappa shape index (κ3) is 3.36. The van der Waals surface area contributed by atoms with Gasteiger partial charge in [0.25, 0.3) is 11.1 Å². The average molecular weight is 364 g/mol. The van der Waals surface area contributed by atoms with E-state index in [1.54, 1.807) is 0 Å². The van der Waals surface area contributed by atoms with Gasteiger partial charge in [-0.05, 0) is 41.6 Å². The number of carbonyl (C=O) groups excluding carboxylic acids is 2. The van der Waals surface area contributed by atoms with Gasteiger partial charge in [-0.3, -0.25) is 24.6 Å². The fourth-order valence-corrected chi connectivity index (χ4v) is 3.72. The molecular weight excluding hydrogens is 355 g/mol. The molecule has 0 radical (unpaired) electrons. The first kappa shape index (κ1) is 16.3. The van der Waals surface area contributed by atoms with Crippen molar-refractivity contribution in [2.75, 3.05) is 0 Å². The first-order valence-electron chi connectivity index (χ1n) is 6.68. The zero-order valence-corrected chi connectivity index (χ0v) is 13.6. The lowest BCUT2D eigenvalue weighted by Crippen LogP contribution is -2.27. The Labute approximate surface area is 143 Å². The van der Waals surface area contributed by atoms with Crippen molar-refractivity contribution >= 4 is 45.3 Å². The van der Waals surface area contributed by atoms with Gasteiger partial charge >= 0.3 is 5.00 Å². The molecule has 0 spiro atoms. The maximum absolute atomic E-state index is 12.9. The lowest BCUT2D eigenvalue weighted by molar-refractivity contribution is -0.380. The molecule has 3 rings (SSSR count). The highest BCUT2D eigenvalue weighted by molar-refractivity contribution is 8.18. The first-order chi connectivity index (χ1) is 11.4. The molecule has 2 amide bonds. The number of benzene rings is 1. The normalized spacial score (nSPS) is 16.2. The minimum absolute atomic E-state index is 0.0354. The summed E-state index contributed by atoms with van der Waals surface area (Å²) in [4.78, 5) is 36.3. The summed E-state index contributed by atoms with van der Waals surface area (Å²) in [6.07, 6.45) is 1.47. The number of halogens is 1. The van der Waals surface area contributed by atoms with Crippen LogP contribution in [0.3, 0.4) is 0 Å². The molecule has 0 N–H and O–H groups in total. The molecule has 1 aromatic carbocycles. The van der Waals surface area contributed by atoms with Gasteiger partial charge in [0.05, 0.1) is 16.4 Å². The van der Waals surface area contributed by atoms with Gasteiger partial charge in [-0.25, -0.2) is 4.39 Å². The Morgan fingerprint density at radius 3 is 2.50 bits per heavy atom. The first-order valence-corrected chi connectivity index (χ1v) is 8.31. The standard InChI is InChI=1S/C15H9FN2O4S2/c16-10-3-1-9(2-4-10)8-17-14(19)12(24-15(17)20)7-11-5-6-13(23-11)18(21)22/h1-7H,8H2/b12-7-. The lowest BCUT2D eigenvalue weighted by atomic mass is 10.2. The highest BCUT2D eigenvalue weighted by Gasteiger charge is 2.35. The Hall–Kier alpha value is -2.52. The SMILES string of the molecule is O=C1S/C(=C\c2ccc([N+](=O)[O-])s2)C(=O)N1Cc1ccc(F)cc1. The Kier molecular flexibility index (Phi) is 4.45. The Bertz CT molecular complexity index is 861. The van der Waals surface area contributed by atoms with E-state index in [4.69, 9.17) is 0 Å². The second-order valence-corrected chi connectivity index (χ2v) is 6.91. The Balaban J connectivity index is 1.79. The van der Waals surface area contributed by atoms with E-state index in [-0.39, 0.29) is 16.5 Å². The molecule has 0 atom stereocenters. The highest BCUT2D eigenvalue weighted by atomic mass is 32.2. The van der Waals surface area contributed by atoms with Crippen molar-refractivity contribution < 1.29 is 18.9 Å². The second kappa shape index (κ2) is 6.54. The number of hydrogen-bond acceptors (Lipinski definition) is 6. The van der Waals surface area contributed by atoms with Crippen molar-refractivity contribution in [2.24, 2.45) is 0 Å². The van der Waals surface area contributed by atoms with Crippen molar-refractivity contribution in [1.29, 1.82) is 0 Å². The lowest BCUT2D eigenvalue weighted by Gasteiger charge is -2.12. The van der Waals surface area contributed by atoms with Crippen LogP contribution in [0.15, 0.2) is 41.3 Å². The summed E-state index contributed by atoms with van der Waals surface area (Å²) in [5, 5.41) is 10.2. The van der Waals surface area contributed by atoms with Gasteiger partial charge < -0.3 is 0 Å². The number of nitrogens with zero attached hydrogens (tertiary/aromatic N) is 2. The smallest absolute Gasteiger partial charge is 0.268 e. The van der Waals surface area contributed by atoms with Crippen molar-refractivity contribution in [2.45, 2.75) is 6.54 Å². The summed E-state index contributed by atoms with van der Waals surface area (Å²) in [5.41, 5.74) is 0.631. The quantitative estimate of drug-likeness (QED) is 0.465. The molecule has 1 aromatic heterocycles. The van der Waals surface area contributed by atoms with E-state index >= 15 is 0 Å². The van der Waals surface area contributed by atoms with Crippen LogP contribution in [0, 0.1) is 15.9 Å². The summed E-state index contributed by atoms with van der Waals surface area (Å²) in [5.74, 6) is -0.863. The molecule has 1 aliphatic rings. The van der Waals surface area contributed by atoms with Gasteiger partial charge in [-0.2, -0.15) is 0 Å². The van der Waals surface area contributed by atoms with Gasteiger partial charge in [0.15, 0.2) is 0 Å². The molecule has 1 saturated heterocycles. The van der Waals surface area contributed by atoms with Gasteiger partial charge in [0.2, 0.25) is 0 Å². The number of thioether (sulfide) groups is 1. The molecule has 9 heteroatoms. The van der Waals surface area contributed by atoms with Crippen molar-refractivity contribution in [3.8, 4) is 0 Å². The summed E-state index contributed by atoms with van der Waals surface area (Å²) in [6, 6.07) is 8.40. The maximum atomic E-state index is 12.9. The summed E-state index contributed by atoms with van der Waals surface area (Å²) >= 11 is 1.70. The number of nitro groups is 1. The summed E-state index contributed by atoms with van der Waals surface area (Å²) < 4.78 is 12.9. The molecule has 0 unspecified atom stereocenters. The van der Waals surface area contributed by atoms with Crippen LogP contribution in [0.25, 0.3) is 6.08 Å². The van der Waals surface area contributed by atoms with E-state index < -0.39 is 21.9 Å². The van der Waals surface area contributed by atoms with E-state index in [9.17, 15) is 24.1 Å². The van der Waals surface area contributed by atoms with Crippen LogP contribution in [0.5, 0.6) is 0 Å². The predicted octanol–water partition coefficient (Wildman–Crippen LogP) is 4.03. The Morgan fingerprint density at radius 2 is 1.88 bits per heavy atom. The van der Waals surface area contributed by atoms with Crippen LogP contribution in [-0.2, 0) is 11.3 Å². The molecule has 2 heterocycles. The number of rotatable bonds is 4. The van der Waals surface area contributed by atoms with Crippen LogP contribution in [0.1, 0.15) is 10.4 Å². The van der Waals surface area contributed by atoms with Crippen LogP contribution >= 0.6 is 23.1 Å². The van der Waals surface area contributed by atoms with Gasteiger partial charge in [-0.15, -0.1) is 0 Å². The molecular formula is C15H9FN2O4S2. The molecule has 24 heavy (non-hydrogen) atoms. The maximum Gasteiger partial charge on any atom is 0.324 e. The molecule has 2 aromatic rings. The van der Waals surface area contributed by atoms with Crippen molar-refractivity contribution in [1.82, 2.24) is 4.90 Å². The van der Waals surface area contributed by atoms with Gasteiger partial charge in [0.1, 0.15) is 5.82 Å². The minimum atomic E-state index is -0.512. The van der Waals surface area contributed by atoms with Crippen LogP contribution in [0.4, 0.5) is 14.2 Å². The predicted molar refractivity (Wildman–Crippen MR) is 88.9 cm³/mol. The van der Waals surface area contributed by atoms with Gasteiger partial charge in [0, 0.05) is 10.9 Å². The molecule has 0 aliphatic carbocycles. The summed E-state index contributed by atoms with van der Waals surface area (Å²) in [7, 11) is 0. The van der Waals surface area contributed by atoms with Crippen LogP contribution in [0.2, 0.25) is 0 Å². The molecule has 1 aliphatic heterocycles. The second-order valence-electron chi connectivity index (χ2n) is 4.83. The number of hydrogen-bond donors (Lipinski definition) is 0. The Morgan fingerprint density at radius 1 is 1.17 bits per heavy atom. The molecule has 1 fully saturated rings. The third-order valence-electron chi connectivity index (χ3n) is 3.19. The fraction of sp³-hybridized carbons (Fsp3) is 0.0667. The topological polar surface area (TPSA) is 80.5 Å². The molecule has 0 bridgehead atoms. The van der Waals surface area contributed by atoms with Crippen LogP contribution < -0.4 is 0 Å². The minimum Gasteiger partial charge on any atom is -0.268 e. The number of carbonyl (C=O) groups is 2. The van der Waals surface area contributed by atoms with Crippen molar-refractivity contribution in [3.63, 3.8) is 0 Å². The molecule has 0 saturated carbocycles. The number of thiophene rings is 1. The third-order valence-corrected chi connectivity index (χ3v) is 5.08. The van der Waals surface area contributed by atoms with E-state index in [0.29, 0.717) is 10.4 Å². The molecule has 6 nitrogen and oxygen atoms in total. The zero-order valence-electron chi connectivity index (χ0n) is 12.0. The average Bonchev–Trinajstić information content (AvgIpc) is 3.10. The summed E-state index contributed by atoms with van der Waals surface area (Å²) in [6.45, 7) is 0.0485. The number of amides is 2. The van der Waals surface area contributed by atoms with Crippen LogP contribution in [-0.4, -0.2) is 21.0 Å². The van der Waals surface area contributed by atoms with E-state index in [0.717, 1.165) is 28.0 Å².